The van der Waals surface area contributed by atoms with Gasteiger partial charge in [0.15, 0.2) is 0 Å². The van der Waals surface area contributed by atoms with Crippen LogP contribution in [0.15, 0.2) is 41.2 Å². The fourth-order valence-corrected chi connectivity index (χ4v) is 1.85. The average Bonchev–Trinajstić information content (AvgIpc) is 2.53. The van der Waals surface area contributed by atoms with Crippen molar-refractivity contribution in [3.05, 3.63) is 58.0 Å². The van der Waals surface area contributed by atoms with Crippen LogP contribution in [0, 0.1) is 0 Å². The van der Waals surface area contributed by atoms with E-state index >= 15 is 0 Å². The summed E-state index contributed by atoms with van der Waals surface area (Å²) in [6.07, 6.45) is -4.52. The van der Waals surface area contributed by atoms with Crippen molar-refractivity contribution in [1.82, 2.24) is 15.5 Å². The minimum absolute atomic E-state index is 0.0165. The minimum Gasteiger partial charge on any atom is -0.491 e. The molecule has 0 saturated heterocycles. The second-order valence-electron chi connectivity index (χ2n) is 4.99. The maximum atomic E-state index is 12.8. The van der Waals surface area contributed by atoms with E-state index in [0.717, 1.165) is 12.1 Å². The number of H-pyrrole nitrogens is 1. The molecule has 0 radical (unpaired) electrons. The molecule has 2 rings (SSSR count). The molecule has 1 atom stereocenters. The van der Waals surface area contributed by atoms with Gasteiger partial charge in [0.1, 0.15) is 18.1 Å². The molecule has 1 aromatic carbocycles. The fourth-order valence-electron chi connectivity index (χ4n) is 1.85. The molecule has 0 aliphatic rings. The highest BCUT2D eigenvalue weighted by Crippen LogP contribution is 2.35. The van der Waals surface area contributed by atoms with Crippen LogP contribution >= 0.6 is 0 Å². The normalized spacial score (nSPS) is 12.5. The third-order valence-corrected chi connectivity index (χ3v) is 2.97. The Morgan fingerprint density at radius 1 is 1.29 bits per heavy atom. The molecule has 9 heteroatoms. The smallest absolute Gasteiger partial charge is 0.419 e. The number of aromatic amines is 1. The Bertz CT molecular complexity index is 754. The number of aromatic nitrogens is 2. The Hall–Kier alpha value is -2.84. The molecular weight excluding hydrogens is 327 g/mol. The Morgan fingerprint density at radius 2 is 2.00 bits per heavy atom. The van der Waals surface area contributed by atoms with Crippen LogP contribution in [0.1, 0.15) is 23.0 Å². The quantitative estimate of drug-likeness (QED) is 0.871. The summed E-state index contributed by atoms with van der Waals surface area (Å²) < 4.78 is 43.7. The fraction of sp³-hybridized carbons (Fsp3) is 0.267. The SMILES string of the molecule is C[C@@H](COc1ccccc1C(F)(F)F)NC(=O)c1ccc(=O)[nH]n1. The van der Waals surface area contributed by atoms with E-state index in [1.54, 1.807) is 6.92 Å². The molecule has 1 amide bonds. The average molecular weight is 341 g/mol. The monoisotopic (exact) mass is 341 g/mol. The van der Waals surface area contributed by atoms with Crippen molar-refractivity contribution in [3.63, 3.8) is 0 Å². The van der Waals surface area contributed by atoms with E-state index in [1.807, 2.05) is 0 Å². The van der Waals surface area contributed by atoms with E-state index in [4.69, 9.17) is 4.74 Å². The van der Waals surface area contributed by atoms with Crippen LogP contribution in [0.2, 0.25) is 0 Å². The second kappa shape index (κ2) is 7.16. The van der Waals surface area contributed by atoms with E-state index < -0.39 is 29.2 Å². The highest BCUT2D eigenvalue weighted by molar-refractivity contribution is 5.92. The summed E-state index contributed by atoms with van der Waals surface area (Å²) in [6.45, 7) is 1.40. The first kappa shape index (κ1) is 17.5. The zero-order chi connectivity index (χ0) is 17.7. The van der Waals surface area contributed by atoms with Crippen molar-refractivity contribution in [3.8, 4) is 5.75 Å². The van der Waals surface area contributed by atoms with E-state index in [9.17, 15) is 22.8 Å². The van der Waals surface area contributed by atoms with Crippen LogP contribution < -0.4 is 15.6 Å². The molecule has 0 unspecified atom stereocenters. The number of carbonyl (C=O) groups excluding carboxylic acids is 1. The third-order valence-electron chi connectivity index (χ3n) is 2.97. The maximum Gasteiger partial charge on any atom is 0.419 e. The lowest BCUT2D eigenvalue weighted by atomic mass is 10.2. The van der Waals surface area contributed by atoms with Gasteiger partial charge in [-0.25, -0.2) is 5.10 Å². The van der Waals surface area contributed by atoms with Gasteiger partial charge >= 0.3 is 6.18 Å². The molecule has 0 aliphatic carbocycles. The van der Waals surface area contributed by atoms with Crippen LogP contribution in [0.4, 0.5) is 13.2 Å². The zero-order valence-electron chi connectivity index (χ0n) is 12.6. The number of nitrogens with zero attached hydrogens (tertiary/aromatic N) is 1. The van der Waals surface area contributed by atoms with Crippen molar-refractivity contribution in [1.29, 1.82) is 0 Å². The molecule has 0 bridgehead atoms. The van der Waals surface area contributed by atoms with Crippen molar-refractivity contribution in [2.45, 2.75) is 19.1 Å². The van der Waals surface area contributed by atoms with Crippen molar-refractivity contribution < 1.29 is 22.7 Å². The number of carbonyl (C=O) groups is 1. The number of alkyl halides is 3. The van der Waals surface area contributed by atoms with Crippen LogP contribution in [0.3, 0.4) is 0 Å². The lowest BCUT2D eigenvalue weighted by Crippen LogP contribution is -2.37. The van der Waals surface area contributed by atoms with Crippen LogP contribution in [0.5, 0.6) is 5.75 Å². The largest absolute Gasteiger partial charge is 0.491 e. The second-order valence-corrected chi connectivity index (χ2v) is 4.99. The van der Waals surface area contributed by atoms with Gasteiger partial charge in [-0.05, 0) is 25.1 Å². The first-order valence-electron chi connectivity index (χ1n) is 6.93. The van der Waals surface area contributed by atoms with Crippen LogP contribution in [0.25, 0.3) is 0 Å². The topological polar surface area (TPSA) is 84.1 Å². The van der Waals surface area contributed by atoms with Gasteiger partial charge in [0.2, 0.25) is 0 Å². The predicted octanol–water partition coefficient (Wildman–Crippen LogP) is 1.99. The summed E-state index contributed by atoms with van der Waals surface area (Å²) in [4.78, 5) is 22.7. The van der Waals surface area contributed by atoms with E-state index in [0.29, 0.717) is 0 Å². The number of hydrogen-bond donors (Lipinski definition) is 2. The molecule has 0 fully saturated rings. The Labute approximate surface area is 134 Å². The number of amides is 1. The summed E-state index contributed by atoms with van der Waals surface area (Å²) in [5, 5.41) is 8.18. The zero-order valence-corrected chi connectivity index (χ0v) is 12.6. The van der Waals surface area contributed by atoms with Gasteiger partial charge in [-0.15, -0.1) is 0 Å². The summed E-state index contributed by atoms with van der Waals surface area (Å²) in [5.74, 6) is -0.889. The maximum absolute atomic E-state index is 12.8. The van der Waals surface area contributed by atoms with Crippen molar-refractivity contribution >= 4 is 5.91 Å². The molecule has 6 nitrogen and oxygen atoms in total. The summed E-state index contributed by atoms with van der Waals surface area (Å²) >= 11 is 0. The third kappa shape index (κ3) is 4.58. The van der Waals surface area contributed by atoms with Crippen molar-refractivity contribution in [2.24, 2.45) is 0 Å². The van der Waals surface area contributed by atoms with E-state index in [1.165, 1.54) is 24.3 Å². The summed E-state index contributed by atoms with van der Waals surface area (Å²) in [5.41, 5.74) is -1.35. The molecular formula is C15H14F3N3O3. The molecule has 0 aliphatic heterocycles. The molecule has 2 N–H and O–H groups in total. The lowest BCUT2D eigenvalue weighted by molar-refractivity contribution is -0.139. The number of ether oxygens (including phenoxy) is 1. The van der Waals surface area contributed by atoms with Gasteiger partial charge in [0.25, 0.3) is 11.5 Å². The summed E-state index contributed by atoms with van der Waals surface area (Å²) in [6, 6.07) is 6.63. The van der Waals surface area contributed by atoms with Gasteiger partial charge in [-0.3, -0.25) is 9.59 Å². The van der Waals surface area contributed by atoms with Gasteiger partial charge in [0.05, 0.1) is 11.6 Å². The first-order valence-corrected chi connectivity index (χ1v) is 6.93. The van der Waals surface area contributed by atoms with Crippen LogP contribution in [-0.2, 0) is 6.18 Å². The van der Waals surface area contributed by atoms with Gasteiger partial charge in [-0.2, -0.15) is 18.3 Å². The molecule has 0 saturated carbocycles. The van der Waals surface area contributed by atoms with Gasteiger partial charge in [-0.1, -0.05) is 12.1 Å². The number of nitrogens with one attached hydrogen (secondary N) is 2. The molecule has 24 heavy (non-hydrogen) atoms. The molecule has 1 heterocycles. The molecule has 0 spiro atoms. The summed E-state index contributed by atoms with van der Waals surface area (Å²) in [7, 11) is 0. The Balaban J connectivity index is 1.96. The van der Waals surface area contributed by atoms with E-state index in [-0.39, 0.29) is 18.1 Å². The van der Waals surface area contributed by atoms with E-state index in [2.05, 4.69) is 15.5 Å². The number of para-hydroxylation sites is 1. The predicted molar refractivity (Wildman–Crippen MR) is 78.7 cm³/mol. The Kier molecular flexibility index (Phi) is 5.22. The van der Waals surface area contributed by atoms with Gasteiger partial charge < -0.3 is 10.1 Å². The highest BCUT2D eigenvalue weighted by atomic mass is 19.4. The number of halogens is 3. The van der Waals surface area contributed by atoms with Crippen LogP contribution in [-0.4, -0.2) is 28.8 Å². The molecule has 128 valence electrons. The minimum atomic E-state index is -4.52. The highest BCUT2D eigenvalue weighted by Gasteiger charge is 2.34. The number of benzene rings is 1. The lowest BCUT2D eigenvalue weighted by Gasteiger charge is -2.17. The molecule has 2 aromatic rings. The first-order chi connectivity index (χ1) is 11.3. The Morgan fingerprint density at radius 3 is 2.62 bits per heavy atom. The number of hydrogen-bond acceptors (Lipinski definition) is 4. The number of rotatable bonds is 5. The molecule has 1 aromatic heterocycles. The van der Waals surface area contributed by atoms with Crippen molar-refractivity contribution in [2.75, 3.05) is 6.61 Å². The standard InChI is InChI=1S/C15H14F3N3O3/c1-9(19-14(23)11-6-7-13(22)21-20-11)8-24-12-5-3-2-4-10(12)15(16,17)18/h2-7,9H,8H2,1H3,(H,19,23)(H,21,22)/t9-/m0/s1. The van der Waals surface area contributed by atoms with Gasteiger partial charge in [0, 0.05) is 6.07 Å².